The van der Waals surface area contributed by atoms with Crippen LogP contribution in [-0.2, 0) is 16.0 Å². The number of carbonyl (C=O) groups excluding carboxylic acids is 2. The zero-order chi connectivity index (χ0) is 25.7. The number of likely N-dealkylation sites (N-methyl/N-ethyl adjacent to an activating group) is 1. The maximum Gasteiger partial charge on any atom is 0.260 e. The third-order valence-corrected chi connectivity index (χ3v) is 8.42. The van der Waals surface area contributed by atoms with E-state index in [1.54, 1.807) is 33.1 Å². The lowest BCUT2D eigenvalue weighted by atomic mass is 9.83. The Morgan fingerprint density at radius 3 is 2.56 bits per heavy atom. The summed E-state index contributed by atoms with van der Waals surface area (Å²) in [5.41, 5.74) is 1.96. The number of para-hydroxylation sites is 1. The molecule has 1 heterocycles. The topological polar surface area (TPSA) is 77.1 Å². The lowest BCUT2D eigenvalue weighted by Crippen LogP contribution is -2.52. The first-order valence-electron chi connectivity index (χ1n) is 12.2. The molecule has 8 heteroatoms. The molecule has 1 saturated carbocycles. The van der Waals surface area contributed by atoms with Gasteiger partial charge in [0.2, 0.25) is 5.91 Å². The number of hydrogen-bond acceptors (Lipinski definition) is 6. The van der Waals surface area contributed by atoms with E-state index in [4.69, 9.17) is 14.2 Å². The number of nitrogens with zero attached hydrogens (tertiary/aromatic N) is 1. The molecule has 0 spiro atoms. The second kappa shape index (κ2) is 11.7. The van der Waals surface area contributed by atoms with Crippen molar-refractivity contribution >= 4 is 29.7 Å². The summed E-state index contributed by atoms with van der Waals surface area (Å²) in [5, 5.41) is 3.38. The molecular weight excluding hydrogens is 476 g/mol. The van der Waals surface area contributed by atoms with E-state index in [1.165, 1.54) is 0 Å². The quantitative estimate of drug-likeness (QED) is 0.538. The highest BCUT2D eigenvalue weighted by Crippen LogP contribution is 2.43. The number of fused-ring (bicyclic) bond motifs is 1. The molecule has 1 aliphatic heterocycles. The summed E-state index contributed by atoms with van der Waals surface area (Å²) in [5.74, 6) is 2.09. The lowest BCUT2D eigenvalue weighted by molar-refractivity contribution is -0.131. The van der Waals surface area contributed by atoms with Crippen LogP contribution in [0.3, 0.4) is 0 Å². The van der Waals surface area contributed by atoms with Crippen LogP contribution < -0.4 is 19.5 Å². The highest BCUT2D eigenvalue weighted by atomic mass is 32.2. The molecule has 0 radical (unpaired) electrons. The van der Waals surface area contributed by atoms with Gasteiger partial charge in [-0.3, -0.25) is 9.59 Å². The van der Waals surface area contributed by atoms with Crippen molar-refractivity contribution in [2.24, 2.45) is 5.92 Å². The molecule has 3 unspecified atom stereocenters. The van der Waals surface area contributed by atoms with Gasteiger partial charge in [-0.15, -0.1) is 11.8 Å². The smallest absolute Gasteiger partial charge is 0.260 e. The van der Waals surface area contributed by atoms with Crippen molar-refractivity contribution < 1.29 is 23.8 Å². The van der Waals surface area contributed by atoms with E-state index in [0.717, 1.165) is 34.6 Å². The van der Waals surface area contributed by atoms with E-state index >= 15 is 0 Å². The molecular formula is C28H34N2O5S. The van der Waals surface area contributed by atoms with Crippen LogP contribution in [0.4, 0.5) is 0 Å². The molecule has 192 valence electrons. The Morgan fingerprint density at radius 1 is 1.06 bits per heavy atom. The Bertz CT molecular complexity index is 1130. The summed E-state index contributed by atoms with van der Waals surface area (Å²) in [6.07, 6.45) is 5.02. The second-order valence-electron chi connectivity index (χ2n) is 9.13. The molecule has 36 heavy (non-hydrogen) atoms. The van der Waals surface area contributed by atoms with Crippen molar-refractivity contribution in [1.82, 2.24) is 10.2 Å². The standard InChI is InChI=1S/C28H34N2O5S/c1-30-21-16-20(27(31)29-14-13-18-9-11-23(34-3)24(15-18)35-4)10-12-25(21)36-26(28(30)32)17-19-7-5-6-8-22(19)33-2/h5-9,11,15,17,20-21,25H,10,12-14,16H2,1-4H3,(H,29,31)/b26-17+. The van der Waals surface area contributed by atoms with Crippen molar-refractivity contribution in [1.29, 1.82) is 0 Å². The predicted molar refractivity (Wildman–Crippen MR) is 143 cm³/mol. The third-order valence-electron chi connectivity index (χ3n) is 7.02. The average molecular weight is 511 g/mol. The van der Waals surface area contributed by atoms with Gasteiger partial charge in [0.1, 0.15) is 5.75 Å². The number of methoxy groups -OCH3 is 3. The third kappa shape index (κ3) is 5.64. The minimum absolute atomic E-state index is 0.00154. The van der Waals surface area contributed by atoms with Gasteiger partial charge in [0, 0.05) is 36.4 Å². The Balaban J connectivity index is 1.34. The average Bonchev–Trinajstić information content (AvgIpc) is 2.91. The Labute approximate surface area is 217 Å². The normalized spacial score (nSPS) is 22.7. The van der Waals surface area contributed by atoms with Crippen LogP contribution in [0.5, 0.6) is 17.2 Å². The van der Waals surface area contributed by atoms with Gasteiger partial charge in [-0.1, -0.05) is 24.3 Å². The molecule has 1 saturated heterocycles. The summed E-state index contributed by atoms with van der Waals surface area (Å²) in [7, 11) is 6.71. The van der Waals surface area contributed by atoms with Gasteiger partial charge < -0.3 is 24.4 Å². The summed E-state index contributed by atoms with van der Waals surface area (Å²) in [4.78, 5) is 28.7. The molecule has 4 rings (SSSR count). The molecule has 2 aromatic carbocycles. The molecule has 3 atom stereocenters. The number of amides is 2. The largest absolute Gasteiger partial charge is 0.496 e. The molecule has 1 aliphatic carbocycles. The van der Waals surface area contributed by atoms with Crippen LogP contribution in [0.25, 0.3) is 6.08 Å². The number of thioether (sulfide) groups is 1. The van der Waals surface area contributed by atoms with Gasteiger partial charge >= 0.3 is 0 Å². The highest BCUT2D eigenvalue weighted by molar-refractivity contribution is 8.04. The Morgan fingerprint density at radius 2 is 1.81 bits per heavy atom. The van der Waals surface area contributed by atoms with Gasteiger partial charge in [0.15, 0.2) is 11.5 Å². The fraction of sp³-hybridized carbons (Fsp3) is 0.429. The summed E-state index contributed by atoms with van der Waals surface area (Å²) >= 11 is 1.64. The predicted octanol–water partition coefficient (Wildman–Crippen LogP) is 4.15. The first-order valence-corrected chi connectivity index (χ1v) is 13.1. The SMILES string of the molecule is COc1ccccc1/C=C1/SC2CCC(C(=O)NCCc3ccc(OC)c(OC)c3)CC2N(C)C1=O. The van der Waals surface area contributed by atoms with Crippen molar-refractivity contribution in [3.8, 4) is 17.2 Å². The lowest BCUT2D eigenvalue weighted by Gasteiger charge is -2.44. The van der Waals surface area contributed by atoms with Crippen molar-refractivity contribution in [3.05, 3.63) is 58.5 Å². The molecule has 1 N–H and O–H groups in total. The monoisotopic (exact) mass is 510 g/mol. The maximum absolute atomic E-state index is 13.2. The molecule has 2 aliphatic rings. The summed E-state index contributed by atoms with van der Waals surface area (Å²) < 4.78 is 16.1. The van der Waals surface area contributed by atoms with Gasteiger partial charge in [-0.2, -0.15) is 0 Å². The molecule has 0 aromatic heterocycles. The molecule has 0 bridgehead atoms. The number of benzene rings is 2. The number of ether oxygens (including phenoxy) is 3. The van der Waals surface area contributed by atoms with Gasteiger partial charge in [-0.25, -0.2) is 0 Å². The van der Waals surface area contributed by atoms with Crippen LogP contribution in [0, 0.1) is 5.92 Å². The second-order valence-corrected chi connectivity index (χ2v) is 10.4. The van der Waals surface area contributed by atoms with E-state index < -0.39 is 0 Å². The molecule has 2 amide bonds. The first kappa shape index (κ1) is 25.9. The van der Waals surface area contributed by atoms with Crippen LogP contribution in [0.15, 0.2) is 47.4 Å². The van der Waals surface area contributed by atoms with E-state index in [0.29, 0.717) is 30.9 Å². The van der Waals surface area contributed by atoms with Gasteiger partial charge in [0.25, 0.3) is 5.91 Å². The zero-order valence-corrected chi connectivity index (χ0v) is 22.1. The van der Waals surface area contributed by atoms with Crippen LogP contribution in [0.2, 0.25) is 0 Å². The fourth-order valence-electron chi connectivity index (χ4n) is 4.97. The number of nitrogens with one attached hydrogen (secondary N) is 1. The van der Waals surface area contributed by atoms with Crippen molar-refractivity contribution in [2.45, 2.75) is 37.0 Å². The van der Waals surface area contributed by atoms with Crippen LogP contribution in [-0.4, -0.2) is 62.9 Å². The minimum Gasteiger partial charge on any atom is -0.496 e. The van der Waals surface area contributed by atoms with E-state index in [1.807, 2.05) is 60.5 Å². The van der Waals surface area contributed by atoms with Gasteiger partial charge in [-0.05, 0) is 55.5 Å². The van der Waals surface area contributed by atoms with Gasteiger partial charge in [0.05, 0.1) is 26.2 Å². The van der Waals surface area contributed by atoms with E-state index in [2.05, 4.69) is 5.32 Å². The van der Waals surface area contributed by atoms with E-state index in [-0.39, 0.29) is 29.0 Å². The highest BCUT2D eigenvalue weighted by Gasteiger charge is 2.42. The Kier molecular flexibility index (Phi) is 8.46. The molecule has 2 aromatic rings. The van der Waals surface area contributed by atoms with Crippen LogP contribution in [0.1, 0.15) is 30.4 Å². The zero-order valence-electron chi connectivity index (χ0n) is 21.3. The maximum atomic E-state index is 13.2. The summed E-state index contributed by atoms with van der Waals surface area (Å²) in [6, 6.07) is 13.5. The van der Waals surface area contributed by atoms with Crippen molar-refractivity contribution in [2.75, 3.05) is 34.9 Å². The Hall–Kier alpha value is -3.13. The minimum atomic E-state index is -0.0905. The molecule has 7 nitrogen and oxygen atoms in total. The van der Waals surface area contributed by atoms with Crippen molar-refractivity contribution in [3.63, 3.8) is 0 Å². The molecule has 2 fully saturated rings. The van der Waals surface area contributed by atoms with E-state index in [9.17, 15) is 9.59 Å². The van der Waals surface area contributed by atoms with Crippen LogP contribution >= 0.6 is 11.8 Å². The number of carbonyl (C=O) groups is 2. The first-order chi connectivity index (χ1) is 17.4. The fourth-order valence-corrected chi connectivity index (χ4v) is 6.44. The number of rotatable bonds is 8. The number of hydrogen-bond donors (Lipinski definition) is 1. The summed E-state index contributed by atoms with van der Waals surface area (Å²) in [6.45, 7) is 0.550.